The lowest BCUT2D eigenvalue weighted by Crippen LogP contribution is -2.31. The zero-order valence-corrected chi connectivity index (χ0v) is 11.0. The molecule has 18 heavy (non-hydrogen) atoms. The maximum absolute atomic E-state index is 13.4. The number of sulfonamides is 1. The van der Waals surface area contributed by atoms with Crippen molar-refractivity contribution in [3.05, 3.63) is 35.4 Å². The molecule has 102 valence electrons. The molecule has 0 aliphatic rings. The van der Waals surface area contributed by atoms with E-state index in [4.69, 9.17) is 0 Å². The standard InChI is InChI=1S/C11H16F2N2O2S/c1-8(15-6-7-18(16,17)14-2)11-9(12)4-3-5-10(11)13/h3-5,8,14-15H,6-7H2,1-2H3. The van der Waals surface area contributed by atoms with Crippen molar-refractivity contribution in [1.82, 2.24) is 10.0 Å². The van der Waals surface area contributed by atoms with Gasteiger partial charge in [-0.25, -0.2) is 21.9 Å². The Labute approximate surface area is 105 Å². The van der Waals surface area contributed by atoms with Crippen LogP contribution in [-0.4, -0.2) is 27.8 Å². The van der Waals surface area contributed by atoms with Gasteiger partial charge < -0.3 is 5.32 Å². The molecule has 0 amide bonds. The number of benzene rings is 1. The Morgan fingerprint density at radius 1 is 1.28 bits per heavy atom. The van der Waals surface area contributed by atoms with Crippen LogP contribution in [0, 0.1) is 11.6 Å². The molecule has 1 aromatic rings. The lowest BCUT2D eigenvalue weighted by molar-refractivity contribution is 0.495. The van der Waals surface area contributed by atoms with Crippen LogP contribution in [-0.2, 0) is 10.0 Å². The van der Waals surface area contributed by atoms with Crippen LogP contribution >= 0.6 is 0 Å². The molecule has 0 heterocycles. The lowest BCUT2D eigenvalue weighted by Gasteiger charge is -2.15. The molecule has 0 radical (unpaired) electrons. The van der Waals surface area contributed by atoms with E-state index in [1.807, 2.05) is 0 Å². The monoisotopic (exact) mass is 278 g/mol. The van der Waals surface area contributed by atoms with E-state index in [2.05, 4.69) is 10.0 Å². The first kappa shape index (κ1) is 15.0. The molecule has 2 N–H and O–H groups in total. The molecule has 0 spiro atoms. The molecule has 0 aromatic heterocycles. The minimum Gasteiger partial charge on any atom is -0.309 e. The van der Waals surface area contributed by atoms with Gasteiger partial charge in [0.2, 0.25) is 10.0 Å². The Kier molecular flexibility index (Phi) is 5.18. The van der Waals surface area contributed by atoms with Gasteiger partial charge in [0.15, 0.2) is 0 Å². The van der Waals surface area contributed by atoms with Crippen LogP contribution in [0.1, 0.15) is 18.5 Å². The lowest BCUT2D eigenvalue weighted by atomic mass is 10.1. The second-order valence-corrected chi connectivity index (χ2v) is 5.88. The normalized spacial score (nSPS) is 13.6. The van der Waals surface area contributed by atoms with Gasteiger partial charge in [0, 0.05) is 18.2 Å². The second kappa shape index (κ2) is 6.21. The molecule has 1 unspecified atom stereocenters. The Balaban J connectivity index is 2.64. The average Bonchev–Trinajstić information content (AvgIpc) is 2.28. The van der Waals surface area contributed by atoms with E-state index in [1.54, 1.807) is 6.92 Å². The maximum Gasteiger partial charge on any atom is 0.212 e. The summed E-state index contributed by atoms with van der Waals surface area (Å²) in [5.74, 6) is -1.44. The first-order chi connectivity index (χ1) is 8.37. The molecule has 1 rings (SSSR count). The van der Waals surface area contributed by atoms with E-state index in [0.29, 0.717) is 0 Å². The van der Waals surface area contributed by atoms with Crippen LogP contribution in [0.2, 0.25) is 0 Å². The predicted octanol–water partition coefficient (Wildman–Crippen LogP) is 1.16. The fourth-order valence-electron chi connectivity index (χ4n) is 1.54. The summed E-state index contributed by atoms with van der Waals surface area (Å²) in [6.45, 7) is 1.69. The molecule has 1 atom stereocenters. The van der Waals surface area contributed by atoms with Crippen LogP contribution in [0.15, 0.2) is 18.2 Å². The van der Waals surface area contributed by atoms with Crippen LogP contribution in [0.3, 0.4) is 0 Å². The van der Waals surface area contributed by atoms with E-state index in [0.717, 1.165) is 0 Å². The molecular weight excluding hydrogens is 262 g/mol. The quantitative estimate of drug-likeness (QED) is 0.821. The zero-order valence-electron chi connectivity index (χ0n) is 10.2. The van der Waals surface area contributed by atoms with E-state index >= 15 is 0 Å². The van der Waals surface area contributed by atoms with E-state index in [9.17, 15) is 17.2 Å². The van der Waals surface area contributed by atoms with Crippen molar-refractivity contribution < 1.29 is 17.2 Å². The summed E-state index contributed by atoms with van der Waals surface area (Å²) in [6.07, 6.45) is 0. The van der Waals surface area contributed by atoms with E-state index in [-0.39, 0.29) is 17.9 Å². The number of nitrogens with one attached hydrogen (secondary N) is 2. The molecule has 1 aromatic carbocycles. The topological polar surface area (TPSA) is 58.2 Å². The molecule has 0 aliphatic carbocycles. The van der Waals surface area contributed by atoms with Crippen molar-refractivity contribution in [3.8, 4) is 0 Å². The fourth-order valence-corrected chi connectivity index (χ4v) is 2.13. The fraction of sp³-hybridized carbons (Fsp3) is 0.455. The highest BCUT2D eigenvalue weighted by Gasteiger charge is 2.16. The first-order valence-corrected chi connectivity index (χ1v) is 7.11. The van der Waals surface area contributed by atoms with Crippen LogP contribution in [0.4, 0.5) is 8.78 Å². The van der Waals surface area contributed by atoms with Crippen molar-refractivity contribution in [2.75, 3.05) is 19.3 Å². The largest absolute Gasteiger partial charge is 0.309 e. The van der Waals surface area contributed by atoms with Gasteiger partial charge in [-0.15, -0.1) is 0 Å². The highest BCUT2D eigenvalue weighted by atomic mass is 32.2. The minimum atomic E-state index is -3.32. The van der Waals surface area contributed by atoms with Crippen molar-refractivity contribution in [2.45, 2.75) is 13.0 Å². The summed E-state index contributed by atoms with van der Waals surface area (Å²) in [5.41, 5.74) is -0.0839. The smallest absolute Gasteiger partial charge is 0.212 e. The number of rotatable bonds is 6. The van der Waals surface area contributed by atoms with Gasteiger partial charge in [-0.1, -0.05) is 6.07 Å². The number of halogens is 2. The van der Waals surface area contributed by atoms with Crippen LogP contribution in [0.5, 0.6) is 0 Å². The molecule has 0 saturated heterocycles. The summed E-state index contributed by atoms with van der Waals surface area (Å²) in [4.78, 5) is 0. The van der Waals surface area contributed by atoms with E-state index < -0.39 is 27.7 Å². The van der Waals surface area contributed by atoms with E-state index in [1.165, 1.54) is 25.2 Å². The van der Waals surface area contributed by atoms with Gasteiger partial charge in [-0.05, 0) is 26.1 Å². The van der Waals surface area contributed by atoms with Crippen molar-refractivity contribution in [1.29, 1.82) is 0 Å². The molecule has 7 heteroatoms. The molecule has 0 bridgehead atoms. The third kappa shape index (κ3) is 4.01. The highest BCUT2D eigenvalue weighted by Crippen LogP contribution is 2.19. The summed E-state index contributed by atoms with van der Waals surface area (Å²) in [5, 5.41) is 2.77. The molecule has 0 fully saturated rings. The average molecular weight is 278 g/mol. The number of hydrogen-bond donors (Lipinski definition) is 2. The van der Waals surface area contributed by atoms with Crippen molar-refractivity contribution >= 4 is 10.0 Å². The Morgan fingerprint density at radius 3 is 2.33 bits per heavy atom. The van der Waals surface area contributed by atoms with Crippen molar-refractivity contribution in [3.63, 3.8) is 0 Å². The van der Waals surface area contributed by atoms with Gasteiger partial charge in [-0.3, -0.25) is 0 Å². The molecule has 0 aliphatic heterocycles. The van der Waals surface area contributed by atoms with Crippen molar-refractivity contribution in [2.24, 2.45) is 0 Å². The zero-order chi connectivity index (χ0) is 13.8. The molecular formula is C11H16F2N2O2S. The van der Waals surface area contributed by atoms with Crippen LogP contribution < -0.4 is 10.0 Å². The summed E-state index contributed by atoms with van der Waals surface area (Å²) in [7, 11) is -2.00. The van der Waals surface area contributed by atoms with Gasteiger partial charge in [-0.2, -0.15) is 0 Å². The molecule has 4 nitrogen and oxygen atoms in total. The molecule has 0 saturated carbocycles. The van der Waals surface area contributed by atoms with Gasteiger partial charge in [0.05, 0.1) is 5.75 Å². The van der Waals surface area contributed by atoms with Gasteiger partial charge in [0.1, 0.15) is 11.6 Å². The van der Waals surface area contributed by atoms with Crippen LogP contribution in [0.25, 0.3) is 0 Å². The SMILES string of the molecule is CNS(=O)(=O)CCNC(C)c1c(F)cccc1F. The third-order valence-corrected chi connectivity index (χ3v) is 3.93. The summed E-state index contributed by atoms with van der Waals surface area (Å²) >= 11 is 0. The summed E-state index contributed by atoms with van der Waals surface area (Å²) < 4.78 is 51.3. The third-order valence-electron chi connectivity index (χ3n) is 2.57. The number of hydrogen-bond acceptors (Lipinski definition) is 3. The van der Waals surface area contributed by atoms with Gasteiger partial charge in [0.25, 0.3) is 0 Å². The Morgan fingerprint density at radius 2 is 1.83 bits per heavy atom. The Hall–Kier alpha value is -1.05. The maximum atomic E-state index is 13.4. The first-order valence-electron chi connectivity index (χ1n) is 5.46. The summed E-state index contributed by atoms with van der Waals surface area (Å²) in [6, 6.07) is 3.02. The highest BCUT2D eigenvalue weighted by molar-refractivity contribution is 7.89. The second-order valence-electron chi connectivity index (χ2n) is 3.83. The predicted molar refractivity (Wildman–Crippen MR) is 65.6 cm³/mol. The van der Waals surface area contributed by atoms with Gasteiger partial charge >= 0.3 is 0 Å². The Bertz CT molecular complexity index is 486. The minimum absolute atomic E-state index is 0.0839.